The summed E-state index contributed by atoms with van der Waals surface area (Å²) >= 11 is 0. The molecule has 0 aliphatic carbocycles. The first-order chi connectivity index (χ1) is 8.43. The number of nitrogens with one attached hydrogen (secondary N) is 1. The molecular formula is C15H22NO3-. The summed E-state index contributed by atoms with van der Waals surface area (Å²) in [6.45, 7) is 11.7. The second-order valence-electron chi connectivity index (χ2n) is 6.83. The number of hydrogen-bond acceptors (Lipinski definition) is 2. The topological polar surface area (TPSA) is 72.4 Å². The number of hydrogen-bond donors (Lipinski definition) is 2. The first-order valence-electron chi connectivity index (χ1n) is 6.29. The molecule has 0 bridgehead atoms. The van der Waals surface area contributed by atoms with Crippen molar-refractivity contribution in [3.8, 4) is 5.75 Å². The summed E-state index contributed by atoms with van der Waals surface area (Å²) < 4.78 is 0. The maximum absolute atomic E-state index is 12.5. The Morgan fingerprint density at radius 3 is 1.68 bits per heavy atom. The van der Waals surface area contributed by atoms with E-state index in [0.717, 1.165) is 0 Å². The van der Waals surface area contributed by atoms with Crippen LogP contribution in [0, 0.1) is 0 Å². The highest BCUT2D eigenvalue weighted by atomic mass is 16.4. The largest absolute Gasteiger partial charge is 0.872 e. The lowest BCUT2D eigenvalue weighted by molar-refractivity contribution is -0.271. The minimum absolute atomic E-state index is 0.00376. The van der Waals surface area contributed by atoms with E-state index in [2.05, 4.69) is 5.32 Å². The predicted octanol–water partition coefficient (Wildman–Crippen LogP) is 3.45. The van der Waals surface area contributed by atoms with Crippen molar-refractivity contribution in [3.63, 3.8) is 0 Å². The molecule has 4 heteroatoms. The molecule has 0 saturated carbocycles. The lowest BCUT2D eigenvalue weighted by Gasteiger charge is -2.33. The molecule has 0 fully saturated rings. The van der Waals surface area contributed by atoms with Crippen molar-refractivity contribution in [2.45, 2.75) is 52.4 Å². The zero-order valence-corrected chi connectivity index (χ0v) is 12.4. The van der Waals surface area contributed by atoms with Gasteiger partial charge in [-0.3, -0.25) is 5.32 Å². The maximum Gasteiger partial charge on any atom is 0.409 e. The van der Waals surface area contributed by atoms with Crippen LogP contribution in [-0.2, 0) is 10.8 Å². The van der Waals surface area contributed by atoms with Gasteiger partial charge in [-0.1, -0.05) is 41.5 Å². The molecule has 0 atom stereocenters. The van der Waals surface area contributed by atoms with Gasteiger partial charge in [-0.05, 0) is 34.1 Å². The number of carboxylic acid groups (broad SMARTS) is 1. The van der Waals surface area contributed by atoms with E-state index in [1.54, 1.807) is 12.1 Å². The van der Waals surface area contributed by atoms with Crippen molar-refractivity contribution in [1.82, 2.24) is 0 Å². The second-order valence-corrected chi connectivity index (χ2v) is 6.83. The summed E-state index contributed by atoms with van der Waals surface area (Å²) in [4.78, 5) is 10.8. The van der Waals surface area contributed by atoms with Crippen LogP contribution in [0.25, 0.3) is 0 Å². The summed E-state index contributed by atoms with van der Waals surface area (Å²) in [6.07, 6.45) is -1.13. The van der Waals surface area contributed by atoms with Gasteiger partial charge in [0.2, 0.25) is 0 Å². The standard InChI is InChI=1S/C15H23NO3/c1-14(2,3)10-7-9(16-13(18)19)8-11(12(10)17)15(4,5)6/h7-8,16-17H,1-6H3,(H,18,19)/p-1. The van der Waals surface area contributed by atoms with Crippen molar-refractivity contribution in [2.75, 3.05) is 5.32 Å². The Hall–Kier alpha value is -1.71. The Labute approximate surface area is 114 Å². The van der Waals surface area contributed by atoms with Crippen LogP contribution in [-0.4, -0.2) is 11.2 Å². The fourth-order valence-corrected chi connectivity index (χ4v) is 1.94. The SMILES string of the molecule is CC(C)(C)c1cc(NC(=O)O)cc(C(C)(C)C)c1[O-]. The van der Waals surface area contributed by atoms with Gasteiger partial charge >= 0.3 is 6.09 Å². The zero-order chi connectivity index (χ0) is 15.0. The Bertz CT molecular complexity index is 458. The van der Waals surface area contributed by atoms with Crippen LogP contribution in [0.15, 0.2) is 12.1 Å². The van der Waals surface area contributed by atoms with Gasteiger partial charge in [0.25, 0.3) is 0 Å². The van der Waals surface area contributed by atoms with E-state index >= 15 is 0 Å². The summed E-state index contributed by atoms with van der Waals surface area (Å²) in [5.74, 6) is -0.00376. The Morgan fingerprint density at radius 2 is 1.42 bits per heavy atom. The van der Waals surface area contributed by atoms with Crippen molar-refractivity contribution >= 4 is 11.8 Å². The summed E-state index contributed by atoms with van der Waals surface area (Å²) in [5.41, 5.74) is 1.05. The molecule has 19 heavy (non-hydrogen) atoms. The molecule has 0 radical (unpaired) electrons. The van der Waals surface area contributed by atoms with E-state index in [-0.39, 0.29) is 16.6 Å². The van der Waals surface area contributed by atoms with Gasteiger partial charge < -0.3 is 10.2 Å². The van der Waals surface area contributed by atoms with Crippen LogP contribution in [0.5, 0.6) is 5.75 Å². The third-order valence-electron chi connectivity index (χ3n) is 2.96. The van der Waals surface area contributed by atoms with Gasteiger partial charge in [-0.2, -0.15) is 0 Å². The molecule has 0 aliphatic rings. The zero-order valence-electron chi connectivity index (χ0n) is 12.4. The number of amides is 1. The highest BCUT2D eigenvalue weighted by molar-refractivity contribution is 5.83. The Balaban J connectivity index is 3.52. The molecule has 1 aromatic rings. The van der Waals surface area contributed by atoms with Crippen molar-refractivity contribution in [1.29, 1.82) is 0 Å². The normalized spacial score (nSPS) is 12.3. The lowest BCUT2D eigenvalue weighted by Crippen LogP contribution is -2.22. The fourth-order valence-electron chi connectivity index (χ4n) is 1.94. The molecule has 106 valence electrons. The first-order valence-corrected chi connectivity index (χ1v) is 6.29. The van der Waals surface area contributed by atoms with E-state index in [9.17, 15) is 9.90 Å². The van der Waals surface area contributed by atoms with Gasteiger partial charge in [0.1, 0.15) is 0 Å². The van der Waals surface area contributed by atoms with Crippen LogP contribution in [0.3, 0.4) is 0 Å². The molecule has 0 aliphatic heterocycles. The molecule has 1 amide bonds. The predicted molar refractivity (Wildman–Crippen MR) is 74.9 cm³/mol. The summed E-state index contributed by atoms with van der Waals surface area (Å²) in [5, 5.41) is 23.7. The van der Waals surface area contributed by atoms with Crippen LogP contribution in [0.4, 0.5) is 10.5 Å². The van der Waals surface area contributed by atoms with Gasteiger partial charge in [0.15, 0.2) is 0 Å². The molecule has 4 nitrogen and oxygen atoms in total. The fraction of sp³-hybridized carbons (Fsp3) is 0.533. The van der Waals surface area contributed by atoms with Crippen molar-refractivity contribution < 1.29 is 15.0 Å². The Morgan fingerprint density at radius 1 is 1.05 bits per heavy atom. The quantitative estimate of drug-likeness (QED) is 0.816. The van der Waals surface area contributed by atoms with Crippen molar-refractivity contribution in [2.24, 2.45) is 0 Å². The van der Waals surface area contributed by atoms with Crippen LogP contribution in [0.2, 0.25) is 0 Å². The lowest BCUT2D eigenvalue weighted by atomic mass is 9.79. The molecule has 1 aromatic carbocycles. The molecule has 1 rings (SSSR count). The summed E-state index contributed by atoms with van der Waals surface area (Å²) in [7, 11) is 0. The third kappa shape index (κ3) is 3.63. The molecular weight excluding hydrogens is 242 g/mol. The monoisotopic (exact) mass is 264 g/mol. The van der Waals surface area contributed by atoms with Crippen LogP contribution >= 0.6 is 0 Å². The van der Waals surface area contributed by atoms with E-state index < -0.39 is 6.09 Å². The number of benzene rings is 1. The van der Waals surface area contributed by atoms with Crippen LogP contribution in [0.1, 0.15) is 52.7 Å². The average Bonchev–Trinajstić information content (AvgIpc) is 2.16. The second kappa shape index (κ2) is 4.76. The van der Waals surface area contributed by atoms with Gasteiger partial charge in [-0.15, -0.1) is 5.75 Å². The molecule has 0 heterocycles. The Kier molecular flexibility index (Phi) is 3.84. The molecule has 0 unspecified atom stereocenters. The smallest absolute Gasteiger partial charge is 0.409 e. The number of carbonyl (C=O) groups is 1. The third-order valence-corrected chi connectivity index (χ3v) is 2.96. The van der Waals surface area contributed by atoms with Gasteiger partial charge in [-0.25, -0.2) is 4.79 Å². The summed E-state index contributed by atoms with van der Waals surface area (Å²) in [6, 6.07) is 3.26. The van der Waals surface area contributed by atoms with Gasteiger partial charge in [0, 0.05) is 5.69 Å². The highest BCUT2D eigenvalue weighted by Crippen LogP contribution is 2.39. The van der Waals surface area contributed by atoms with E-state index in [1.807, 2.05) is 41.5 Å². The molecule has 0 aromatic heterocycles. The molecule has 0 saturated heterocycles. The average molecular weight is 264 g/mol. The minimum Gasteiger partial charge on any atom is -0.872 e. The van der Waals surface area contributed by atoms with Crippen molar-refractivity contribution in [3.05, 3.63) is 23.3 Å². The first kappa shape index (κ1) is 15.3. The molecule has 0 spiro atoms. The maximum atomic E-state index is 12.5. The molecule has 2 N–H and O–H groups in total. The van der Waals surface area contributed by atoms with E-state index in [1.165, 1.54) is 0 Å². The van der Waals surface area contributed by atoms with E-state index in [0.29, 0.717) is 16.8 Å². The van der Waals surface area contributed by atoms with Gasteiger partial charge in [0.05, 0.1) is 0 Å². The number of rotatable bonds is 1. The van der Waals surface area contributed by atoms with E-state index in [4.69, 9.17) is 5.11 Å². The highest BCUT2D eigenvalue weighted by Gasteiger charge is 2.22. The number of anilines is 1. The minimum atomic E-state index is -1.13. The van der Waals surface area contributed by atoms with Crippen LogP contribution < -0.4 is 10.4 Å².